The Morgan fingerprint density at radius 3 is 1.89 bits per heavy atom. The Bertz CT molecular complexity index is 492. The topological polar surface area (TPSA) is 198 Å². The van der Waals surface area contributed by atoms with Crippen LogP contribution in [0.4, 0.5) is 0 Å². The molecule has 158 valence electrons. The van der Waals surface area contributed by atoms with Crippen molar-refractivity contribution in [1.29, 1.82) is 0 Å². The average molecular weight is 397 g/mol. The van der Waals surface area contributed by atoms with Crippen LogP contribution in [0.3, 0.4) is 0 Å². The van der Waals surface area contributed by atoms with Crippen LogP contribution in [0, 0.1) is 0 Å². The maximum absolute atomic E-state index is 11.7. The first-order valence-electron chi connectivity index (χ1n) is 8.62. The minimum absolute atomic E-state index is 0.0650. The molecule has 2 fully saturated rings. The molecule has 0 aromatic rings. The Kier molecular flexibility index (Phi) is 7.88. The van der Waals surface area contributed by atoms with E-state index in [1.165, 1.54) is 0 Å². The number of hydrogen-bond donors (Lipinski definition) is 8. The molecule has 0 bridgehead atoms. The van der Waals surface area contributed by atoms with E-state index in [1.54, 1.807) is 6.92 Å². The van der Waals surface area contributed by atoms with E-state index in [2.05, 4.69) is 5.32 Å². The van der Waals surface area contributed by atoms with Gasteiger partial charge < -0.3 is 55.3 Å². The van der Waals surface area contributed by atoms with E-state index in [9.17, 15) is 40.5 Å². The summed E-state index contributed by atoms with van der Waals surface area (Å²) < 4.78 is 16.0. The van der Waals surface area contributed by atoms with Gasteiger partial charge in [-0.25, -0.2) is 0 Å². The van der Waals surface area contributed by atoms with Gasteiger partial charge in [0.25, 0.3) is 0 Å². The SMILES string of the molecule is CCC(=O)N[C@@H]1[C@@H](O[C@@H]2O[C@H](CO)[C@H](O)[C@H](O)[C@H]2O)O[C@H](CO)[C@@H](O)[C@@H]1O. The van der Waals surface area contributed by atoms with Crippen molar-refractivity contribution in [2.75, 3.05) is 13.2 Å². The Morgan fingerprint density at radius 2 is 1.37 bits per heavy atom. The van der Waals surface area contributed by atoms with Gasteiger partial charge in [0, 0.05) is 6.42 Å². The van der Waals surface area contributed by atoms with Crippen molar-refractivity contribution in [2.45, 2.75) is 74.7 Å². The van der Waals surface area contributed by atoms with E-state index in [1.807, 2.05) is 0 Å². The summed E-state index contributed by atoms with van der Waals surface area (Å²) >= 11 is 0. The zero-order valence-electron chi connectivity index (χ0n) is 14.7. The molecule has 12 heteroatoms. The zero-order valence-corrected chi connectivity index (χ0v) is 14.7. The maximum atomic E-state index is 11.7. The predicted octanol–water partition coefficient (Wildman–Crippen LogP) is -4.86. The van der Waals surface area contributed by atoms with E-state index in [4.69, 9.17) is 14.2 Å². The number of carbonyl (C=O) groups excluding carboxylic acids is 1. The molecule has 0 aromatic heterocycles. The summed E-state index contributed by atoms with van der Waals surface area (Å²) in [7, 11) is 0. The largest absolute Gasteiger partial charge is 0.394 e. The van der Waals surface area contributed by atoms with Gasteiger partial charge in [0.1, 0.15) is 48.8 Å². The number of ether oxygens (including phenoxy) is 3. The molecule has 0 unspecified atom stereocenters. The Balaban J connectivity index is 2.19. The Hall–Kier alpha value is -0.930. The molecule has 2 rings (SSSR count). The molecule has 2 aliphatic heterocycles. The molecule has 10 atom stereocenters. The van der Waals surface area contributed by atoms with Crippen LogP contribution in [-0.4, -0.2) is 116 Å². The molecule has 1 amide bonds. The van der Waals surface area contributed by atoms with Gasteiger partial charge in [-0.1, -0.05) is 6.92 Å². The van der Waals surface area contributed by atoms with Gasteiger partial charge in [0.05, 0.1) is 13.2 Å². The van der Waals surface area contributed by atoms with E-state index in [-0.39, 0.29) is 6.42 Å². The lowest BCUT2D eigenvalue weighted by Gasteiger charge is -2.46. The summed E-state index contributed by atoms with van der Waals surface area (Å²) in [6.07, 6.45) is -13.6. The van der Waals surface area contributed by atoms with Gasteiger partial charge in [-0.3, -0.25) is 4.79 Å². The molecular weight excluding hydrogens is 370 g/mol. The molecule has 8 N–H and O–H groups in total. The first-order chi connectivity index (χ1) is 12.7. The molecule has 0 aliphatic carbocycles. The summed E-state index contributed by atoms with van der Waals surface area (Å²) in [5, 5.41) is 70.9. The monoisotopic (exact) mass is 397 g/mol. The lowest BCUT2D eigenvalue weighted by Crippen LogP contribution is -2.67. The van der Waals surface area contributed by atoms with Crippen LogP contribution in [0.5, 0.6) is 0 Å². The van der Waals surface area contributed by atoms with Gasteiger partial charge in [-0.2, -0.15) is 0 Å². The molecule has 12 nitrogen and oxygen atoms in total. The number of carbonyl (C=O) groups is 1. The van der Waals surface area contributed by atoms with Gasteiger partial charge in [-0.05, 0) is 0 Å². The smallest absolute Gasteiger partial charge is 0.220 e. The highest BCUT2D eigenvalue weighted by Crippen LogP contribution is 2.28. The van der Waals surface area contributed by atoms with Crippen LogP contribution < -0.4 is 5.32 Å². The van der Waals surface area contributed by atoms with Crippen molar-refractivity contribution < 1.29 is 54.8 Å². The van der Waals surface area contributed by atoms with E-state index in [0.717, 1.165) is 0 Å². The molecule has 0 radical (unpaired) electrons. The van der Waals surface area contributed by atoms with Gasteiger partial charge in [0.2, 0.25) is 5.91 Å². The average Bonchev–Trinajstić information content (AvgIpc) is 2.67. The standard InChI is InChI=1S/C15H27NO11/c1-2-7(19)16-8-11(22)9(20)5(3-17)25-14(8)27-15-13(24)12(23)10(21)6(4-18)26-15/h5-6,8-15,17-18,20-24H,2-4H2,1H3,(H,16,19)/t5-,6-,8+,9-,10+,11-,12+,13-,14-,15+/m1/s1. The van der Waals surface area contributed by atoms with Crippen molar-refractivity contribution in [3.05, 3.63) is 0 Å². The Morgan fingerprint density at radius 1 is 0.852 bits per heavy atom. The first-order valence-corrected chi connectivity index (χ1v) is 8.62. The fourth-order valence-corrected chi connectivity index (χ4v) is 2.95. The van der Waals surface area contributed by atoms with Crippen LogP contribution in [0.1, 0.15) is 13.3 Å². The summed E-state index contributed by atoms with van der Waals surface area (Å²) in [5.74, 6) is -0.486. The fourth-order valence-electron chi connectivity index (χ4n) is 2.95. The third-order valence-electron chi connectivity index (χ3n) is 4.65. The number of amides is 1. The van der Waals surface area contributed by atoms with E-state index < -0.39 is 80.5 Å². The highest BCUT2D eigenvalue weighted by molar-refractivity contribution is 5.76. The fraction of sp³-hybridized carbons (Fsp3) is 0.933. The van der Waals surface area contributed by atoms with Crippen molar-refractivity contribution in [1.82, 2.24) is 5.32 Å². The second-order valence-electron chi connectivity index (χ2n) is 6.49. The maximum Gasteiger partial charge on any atom is 0.220 e. The summed E-state index contributed by atoms with van der Waals surface area (Å²) in [5.41, 5.74) is 0. The second-order valence-corrected chi connectivity index (χ2v) is 6.49. The zero-order chi connectivity index (χ0) is 20.3. The summed E-state index contributed by atoms with van der Waals surface area (Å²) in [6.45, 7) is 0.222. The molecule has 27 heavy (non-hydrogen) atoms. The Labute approximate surface area is 154 Å². The van der Waals surface area contributed by atoms with Crippen LogP contribution >= 0.6 is 0 Å². The molecular formula is C15H27NO11. The van der Waals surface area contributed by atoms with Gasteiger partial charge >= 0.3 is 0 Å². The number of aliphatic hydroxyl groups is 7. The van der Waals surface area contributed by atoms with Gasteiger partial charge in [-0.15, -0.1) is 0 Å². The van der Waals surface area contributed by atoms with Crippen LogP contribution in [0.2, 0.25) is 0 Å². The molecule has 2 heterocycles. The van der Waals surface area contributed by atoms with Crippen molar-refractivity contribution in [3.8, 4) is 0 Å². The van der Waals surface area contributed by atoms with Crippen LogP contribution in [-0.2, 0) is 19.0 Å². The summed E-state index contributed by atoms with van der Waals surface area (Å²) in [6, 6.07) is -1.28. The predicted molar refractivity (Wildman–Crippen MR) is 84.8 cm³/mol. The third-order valence-corrected chi connectivity index (χ3v) is 4.65. The minimum Gasteiger partial charge on any atom is -0.394 e. The second kappa shape index (κ2) is 9.52. The van der Waals surface area contributed by atoms with Crippen molar-refractivity contribution in [2.24, 2.45) is 0 Å². The third kappa shape index (κ3) is 4.74. The molecule has 2 saturated heterocycles. The lowest BCUT2D eigenvalue weighted by atomic mass is 9.96. The van der Waals surface area contributed by atoms with Crippen molar-refractivity contribution in [3.63, 3.8) is 0 Å². The van der Waals surface area contributed by atoms with Crippen LogP contribution in [0.15, 0.2) is 0 Å². The normalized spacial score (nSPS) is 45.5. The minimum atomic E-state index is -1.73. The molecule has 0 aromatic carbocycles. The number of rotatable bonds is 6. The van der Waals surface area contributed by atoms with Crippen molar-refractivity contribution >= 4 is 5.91 Å². The van der Waals surface area contributed by atoms with E-state index in [0.29, 0.717) is 0 Å². The molecule has 0 saturated carbocycles. The quantitative estimate of drug-likeness (QED) is 0.214. The number of nitrogens with one attached hydrogen (secondary N) is 1. The number of aliphatic hydroxyl groups excluding tert-OH is 7. The highest BCUT2D eigenvalue weighted by atomic mass is 16.8. The van der Waals surface area contributed by atoms with E-state index >= 15 is 0 Å². The summed E-state index contributed by atoms with van der Waals surface area (Å²) in [4.78, 5) is 11.7. The lowest BCUT2D eigenvalue weighted by molar-refractivity contribution is -0.363. The number of hydrogen-bond acceptors (Lipinski definition) is 11. The molecule has 0 spiro atoms. The highest BCUT2D eigenvalue weighted by Gasteiger charge is 2.50. The van der Waals surface area contributed by atoms with Crippen LogP contribution in [0.25, 0.3) is 0 Å². The van der Waals surface area contributed by atoms with Gasteiger partial charge in [0.15, 0.2) is 12.6 Å². The first kappa shape index (κ1) is 22.4. The molecule has 2 aliphatic rings.